The molecule has 0 radical (unpaired) electrons. The first-order valence-corrected chi connectivity index (χ1v) is 7.38. The molecule has 1 aromatic heterocycles. The molecule has 0 aliphatic heterocycles. The third-order valence-electron chi connectivity index (χ3n) is 3.41. The molecule has 16 heavy (non-hydrogen) atoms. The van der Waals surface area contributed by atoms with E-state index in [0.29, 0.717) is 0 Å². The number of thiophene rings is 1. The van der Waals surface area contributed by atoms with Crippen LogP contribution in [0.25, 0.3) is 0 Å². The van der Waals surface area contributed by atoms with E-state index in [1.165, 1.54) is 37.1 Å². The zero-order valence-electron chi connectivity index (χ0n) is 9.84. The van der Waals surface area contributed by atoms with Gasteiger partial charge < -0.3 is 5.32 Å². The van der Waals surface area contributed by atoms with Crippen molar-refractivity contribution >= 4 is 22.9 Å². The quantitative estimate of drug-likeness (QED) is 0.847. The molecule has 1 saturated carbocycles. The van der Waals surface area contributed by atoms with E-state index in [1.54, 1.807) is 11.3 Å². The zero-order valence-corrected chi connectivity index (χ0v) is 11.4. The van der Waals surface area contributed by atoms with Gasteiger partial charge in [0.05, 0.1) is 4.34 Å². The van der Waals surface area contributed by atoms with Crippen LogP contribution in [0.15, 0.2) is 12.1 Å². The molecule has 0 bridgehead atoms. The van der Waals surface area contributed by atoms with Gasteiger partial charge in [0.2, 0.25) is 0 Å². The number of rotatable bonds is 4. The van der Waals surface area contributed by atoms with Crippen molar-refractivity contribution in [2.75, 3.05) is 6.54 Å². The van der Waals surface area contributed by atoms with E-state index in [9.17, 15) is 0 Å². The Hall–Kier alpha value is -0.0500. The molecule has 1 aromatic rings. The average molecular weight is 258 g/mol. The molecule has 0 saturated heterocycles. The summed E-state index contributed by atoms with van der Waals surface area (Å²) in [5.41, 5.74) is 0. The van der Waals surface area contributed by atoms with Gasteiger partial charge in [-0.15, -0.1) is 11.3 Å². The standard InChI is InChI=1S/C13H20ClNS/c1-10-3-2-4-11(7-10)8-15-9-12-5-6-13(14)16-12/h5-6,10-11,15H,2-4,7-9H2,1H3. The first-order chi connectivity index (χ1) is 7.74. The minimum Gasteiger partial charge on any atom is -0.312 e. The van der Waals surface area contributed by atoms with Gasteiger partial charge in [0.1, 0.15) is 0 Å². The van der Waals surface area contributed by atoms with Crippen molar-refractivity contribution in [2.24, 2.45) is 11.8 Å². The van der Waals surface area contributed by atoms with E-state index in [2.05, 4.69) is 18.3 Å². The molecule has 0 aromatic carbocycles. The van der Waals surface area contributed by atoms with Gasteiger partial charge >= 0.3 is 0 Å². The predicted molar refractivity (Wildman–Crippen MR) is 72.2 cm³/mol. The predicted octanol–water partition coefficient (Wildman–Crippen LogP) is 4.32. The fraction of sp³-hybridized carbons (Fsp3) is 0.692. The van der Waals surface area contributed by atoms with Crippen molar-refractivity contribution < 1.29 is 0 Å². The van der Waals surface area contributed by atoms with Gasteiger partial charge in [-0.1, -0.05) is 31.4 Å². The van der Waals surface area contributed by atoms with Gasteiger partial charge in [-0.2, -0.15) is 0 Å². The molecule has 1 aliphatic carbocycles. The lowest BCUT2D eigenvalue weighted by Crippen LogP contribution is -2.26. The normalized spacial score (nSPS) is 25.9. The summed E-state index contributed by atoms with van der Waals surface area (Å²) < 4.78 is 0.892. The van der Waals surface area contributed by atoms with Crippen molar-refractivity contribution in [1.82, 2.24) is 5.32 Å². The Bertz CT molecular complexity index is 323. The molecular formula is C13H20ClNS. The Morgan fingerprint density at radius 1 is 1.44 bits per heavy atom. The van der Waals surface area contributed by atoms with E-state index in [1.807, 2.05) is 6.07 Å². The van der Waals surface area contributed by atoms with Gasteiger partial charge in [-0.05, 0) is 43.4 Å². The third-order valence-corrected chi connectivity index (χ3v) is 4.64. The van der Waals surface area contributed by atoms with Crippen LogP contribution in [0, 0.1) is 11.8 Å². The van der Waals surface area contributed by atoms with E-state index in [-0.39, 0.29) is 0 Å². The molecule has 2 atom stereocenters. The Balaban J connectivity index is 1.67. The van der Waals surface area contributed by atoms with E-state index in [4.69, 9.17) is 11.6 Å². The Morgan fingerprint density at radius 2 is 2.31 bits per heavy atom. The molecule has 1 heterocycles. The molecule has 0 amide bonds. The number of nitrogens with one attached hydrogen (secondary N) is 1. The molecule has 0 spiro atoms. The maximum absolute atomic E-state index is 5.90. The van der Waals surface area contributed by atoms with Gasteiger partial charge in [0.25, 0.3) is 0 Å². The maximum atomic E-state index is 5.90. The van der Waals surface area contributed by atoms with Crippen molar-refractivity contribution in [3.63, 3.8) is 0 Å². The van der Waals surface area contributed by atoms with Crippen LogP contribution in [-0.2, 0) is 6.54 Å². The van der Waals surface area contributed by atoms with Crippen LogP contribution in [0.3, 0.4) is 0 Å². The van der Waals surface area contributed by atoms with Crippen molar-refractivity contribution in [1.29, 1.82) is 0 Å². The highest BCUT2D eigenvalue weighted by molar-refractivity contribution is 7.16. The zero-order chi connectivity index (χ0) is 11.4. The fourth-order valence-electron chi connectivity index (χ4n) is 2.59. The summed E-state index contributed by atoms with van der Waals surface area (Å²) in [5, 5.41) is 3.56. The fourth-order valence-corrected chi connectivity index (χ4v) is 3.65. The highest BCUT2D eigenvalue weighted by Crippen LogP contribution is 2.28. The summed E-state index contributed by atoms with van der Waals surface area (Å²) in [7, 11) is 0. The second kappa shape index (κ2) is 6.04. The van der Waals surface area contributed by atoms with Gasteiger partial charge in [0, 0.05) is 11.4 Å². The van der Waals surface area contributed by atoms with Crippen LogP contribution in [0.4, 0.5) is 0 Å². The smallest absolute Gasteiger partial charge is 0.0931 e. The van der Waals surface area contributed by atoms with Crippen LogP contribution in [-0.4, -0.2) is 6.54 Å². The van der Waals surface area contributed by atoms with Crippen LogP contribution in [0.5, 0.6) is 0 Å². The van der Waals surface area contributed by atoms with Crippen LogP contribution >= 0.6 is 22.9 Å². The SMILES string of the molecule is CC1CCCC(CNCc2ccc(Cl)s2)C1. The highest BCUT2D eigenvalue weighted by atomic mass is 35.5. The molecule has 2 rings (SSSR count). The summed E-state index contributed by atoms with van der Waals surface area (Å²) in [6.45, 7) is 4.52. The Kier molecular flexibility index (Phi) is 4.68. The van der Waals surface area contributed by atoms with E-state index < -0.39 is 0 Å². The highest BCUT2D eigenvalue weighted by Gasteiger charge is 2.18. The lowest BCUT2D eigenvalue weighted by molar-refractivity contribution is 0.274. The maximum Gasteiger partial charge on any atom is 0.0931 e. The molecule has 1 aliphatic rings. The molecule has 3 heteroatoms. The van der Waals surface area contributed by atoms with Crippen LogP contribution in [0.2, 0.25) is 4.34 Å². The largest absolute Gasteiger partial charge is 0.312 e. The molecule has 1 fully saturated rings. The van der Waals surface area contributed by atoms with Gasteiger partial charge in [-0.25, -0.2) is 0 Å². The van der Waals surface area contributed by atoms with Crippen molar-refractivity contribution in [3.05, 3.63) is 21.3 Å². The van der Waals surface area contributed by atoms with Crippen molar-refractivity contribution in [3.8, 4) is 0 Å². The first-order valence-electron chi connectivity index (χ1n) is 6.19. The minimum atomic E-state index is 0.888. The topological polar surface area (TPSA) is 12.0 Å². The molecule has 2 unspecified atom stereocenters. The molecule has 1 N–H and O–H groups in total. The minimum absolute atomic E-state index is 0.888. The molecule has 1 nitrogen and oxygen atoms in total. The van der Waals surface area contributed by atoms with Crippen LogP contribution in [0.1, 0.15) is 37.5 Å². The summed E-state index contributed by atoms with van der Waals surface area (Å²) in [6, 6.07) is 4.09. The van der Waals surface area contributed by atoms with E-state index >= 15 is 0 Å². The summed E-state index contributed by atoms with van der Waals surface area (Å²) in [5.74, 6) is 1.82. The monoisotopic (exact) mass is 257 g/mol. The number of hydrogen-bond acceptors (Lipinski definition) is 2. The lowest BCUT2D eigenvalue weighted by atomic mass is 9.82. The summed E-state index contributed by atoms with van der Waals surface area (Å²) in [6.07, 6.45) is 5.65. The van der Waals surface area contributed by atoms with E-state index in [0.717, 1.165) is 22.7 Å². The van der Waals surface area contributed by atoms with Crippen LogP contribution < -0.4 is 5.32 Å². The second-order valence-corrected chi connectivity index (χ2v) is 6.77. The lowest BCUT2D eigenvalue weighted by Gasteiger charge is -2.26. The first kappa shape index (κ1) is 12.4. The Labute approximate surface area is 107 Å². The number of hydrogen-bond donors (Lipinski definition) is 1. The van der Waals surface area contributed by atoms with Gasteiger partial charge in [-0.3, -0.25) is 0 Å². The summed E-state index contributed by atoms with van der Waals surface area (Å²) in [4.78, 5) is 1.34. The number of halogens is 1. The second-order valence-electron chi connectivity index (χ2n) is 4.97. The summed E-state index contributed by atoms with van der Waals surface area (Å²) >= 11 is 7.58. The van der Waals surface area contributed by atoms with Crippen molar-refractivity contribution in [2.45, 2.75) is 39.2 Å². The average Bonchev–Trinajstić information content (AvgIpc) is 2.64. The van der Waals surface area contributed by atoms with Gasteiger partial charge in [0.15, 0.2) is 0 Å². The third kappa shape index (κ3) is 3.76. The molecular weight excluding hydrogens is 238 g/mol. The Morgan fingerprint density at radius 3 is 3.00 bits per heavy atom. The molecule has 90 valence electrons.